The Balaban J connectivity index is 2.75. The molecule has 0 saturated carbocycles. The number of rotatable bonds is 6. The number of aliphatic hydroxyl groups is 1. The van der Waals surface area contributed by atoms with E-state index in [1.807, 2.05) is 36.4 Å². The molecule has 0 spiro atoms. The second-order valence-electron chi connectivity index (χ2n) is 4.32. The lowest BCUT2D eigenvalue weighted by atomic mass is 10.0. The lowest BCUT2D eigenvalue weighted by Crippen LogP contribution is -2.19. The molecule has 0 aliphatic carbocycles. The zero-order chi connectivity index (χ0) is 15.0. The van der Waals surface area contributed by atoms with Gasteiger partial charge in [-0.05, 0) is 5.56 Å². The average Bonchev–Trinajstić information content (AvgIpc) is 2.50. The first kappa shape index (κ1) is 16.0. The van der Waals surface area contributed by atoms with E-state index in [0.29, 0.717) is 5.76 Å². The van der Waals surface area contributed by atoms with Crippen molar-refractivity contribution in [2.75, 3.05) is 14.2 Å². The van der Waals surface area contributed by atoms with E-state index >= 15 is 0 Å². The quantitative estimate of drug-likeness (QED) is 0.492. The number of benzene rings is 1. The van der Waals surface area contributed by atoms with Gasteiger partial charge < -0.3 is 14.6 Å². The monoisotopic (exact) mass is 276 g/mol. The van der Waals surface area contributed by atoms with Crippen LogP contribution in [0.15, 0.2) is 48.2 Å². The zero-order valence-corrected chi connectivity index (χ0v) is 11.9. The van der Waals surface area contributed by atoms with Crippen molar-refractivity contribution in [1.29, 1.82) is 0 Å². The third-order valence-corrected chi connectivity index (χ3v) is 2.94. The van der Waals surface area contributed by atoms with Gasteiger partial charge in [0.05, 0.1) is 26.4 Å². The summed E-state index contributed by atoms with van der Waals surface area (Å²) >= 11 is 0. The van der Waals surface area contributed by atoms with Gasteiger partial charge in [0.2, 0.25) is 0 Å². The van der Waals surface area contributed by atoms with Gasteiger partial charge in [-0.1, -0.05) is 49.4 Å². The molecule has 0 fully saturated rings. The molecule has 0 aliphatic heterocycles. The molecule has 4 heteroatoms. The van der Waals surface area contributed by atoms with Gasteiger partial charge in [0.25, 0.3) is 0 Å². The fourth-order valence-corrected chi connectivity index (χ4v) is 1.66. The Kier molecular flexibility index (Phi) is 6.53. The first-order valence-corrected chi connectivity index (χ1v) is 6.33. The second kappa shape index (κ2) is 8.17. The molecule has 0 bridgehead atoms. The van der Waals surface area contributed by atoms with Crippen molar-refractivity contribution < 1.29 is 19.4 Å². The van der Waals surface area contributed by atoms with Crippen LogP contribution in [0.3, 0.4) is 0 Å². The fourth-order valence-electron chi connectivity index (χ4n) is 1.66. The number of ether oxygens (including phenoxy) is 2. The summed E-state index contributed by atoms with van der Waals surface area (Å²) in [5, 5.41) is 10.1. The van der Waals surface area contributed by atoms with Crippen LogP contribution in [0, 0.1) is 5.92 Å². The highest BCUT2D eigenvalue weighted by Gasteiger charge is 2.18. The second-order valence-corrected chi connectivity index (χ2v) is 4.32. The lowest BCUT2D eigenvalue weighted by molar-refractivity contribution is -0.135. The van der Waals surface area contributed by atoms with Crippen LogP contribution in [0.1, 0.15) is 12.5 Å². The number of hydrogen-bond acceptors (Lipinski definition) is 4. The molecule has 0 aromatic heterocycles. The van der Waals surface area contributed by atoms with E-state index in [0.717, 1.165) is 5.56 Å². The summed E-state index contributed by atoms with van der Waals surface area (Å²) in [7, 11) is 2.75. The largest absolute Gasteiger partial charge is 0.500 e. The Labute approximate surface area is 119 Å². The first-order chi connectivity index (χ1) is 9.58. The molecule has 108 valence electrons. The van der Waals surface area contributed by atoms with Crippen molar-refractivity contribution >= 4 is 12.0 Å². The van der Waals surface area contributed by atoms with Crippen molar-refractivity contribution in [3.05, 3.63) is 53.8 Å². The molecule has 0 amide bonds. The van der Waals surface area contributed by atoms with Crippen LogP contribution in [-0.4, -0.2) is 31.4 Å². The van der Waals surface area contributed by atoms with Crippen molar-refractivity contribution in [2.45, 2.75) is 13.0 Å². The maximum atomic E-state index is 11.2. The highest BCUT2D eigenvalue weighted by Crippen LogP contribution is 2.17. The smallest absolute Gasteiger partial charge is 0.333 e. The van der Waals surface area contributed by atoms with E-state index in [4.69, 9.17) is 4.74 Å². The van der Waals surface area contributed by atoms with Gasteiger partial charge in [0.15, 0.2) is 0 Å². The molecule has 0 radical (unpaired) electrons. The van der Waals surface area contributed by atoms with Crippen LogP contribution in [0.25, 0.3) is 6.08 Å². The van der Waals surface area contributed by atoms with E-state index in [1.54, 1.807) is 13.0 Å². The number of carbonyl (C=O) groups is 1. The molecule has 1 aromatic carbocycles. The SMILES string of the molecule is COC(=O)/C=C(\OC)C(C)C(O)/C=C/c1ccccc1. The number of hydrogen-bond donors (Lipinski definition) is 1. The van der Waals surface area contributed by atoms with Crippen LogP contribution in [-0.2, 0) is 14.3 Å². The first-order valence-electron chi connectivity index (χ1n) is 6.33. The maximum absolute atomic E-state index is 11.2. The minimum atomic E-state index is -0.758. The van der Waals surface area contributed by atoms with Crippen LogP contribution in [0.5, 0.6) is 0 Å². The number of esters is 1. The van der Waals surface area contributed by atoms with E-state index in [9.17, 15) is 9.90 Å². The molecule has 1 N–H and O–H groups in total. The molecule has 0 aliphatic rings. The Morgan fingerprint density at radius 1 is 1.20 bits per heavy atom. The Morgan fingerprint density at radius 2 is 1.85 bits per heavy atom. The highest BCUT2D eigenvalue weighted by molar-refractivity contribution is 5.82. The summed E-state index contributed by atoms with van der Waals surface area (Å²) in [5.74, 6) is -0.478. The zero-order valence-electron chi connectivity index (χ0n) is 11.9. The summed E-state index contributed by atoms with van der Waals surface area (Å²) in [6, 6.07) is 9.66. The van der Waals surface area contributed by atoms with Gasteiger partial charge in [-0.25, -0.2) is 4.79 Å². The molecular formula is C16H20O4. The minimum absolute atomic E-state index is 0.348. The molecule has 4 nitrogen and oxygen atoms in total. The minimum Gasteiger partial charge on any atom is -0.500 e. The molecule has 20 heavy (non-hydrogen) atoms. The molecule has 2 atom stereocenters. The molecule has 2 unspecified atom stereocenters. The number of carbonyl (C=O) groups excluding carboxylic acids is 1. The predicted octanol–water partition coefficient (Wildman–Crippen LogP) is 2.40. The summed E-state index contributed by atoms with van der Waals surface area (Å²) in [6.07, 6.45) is 3.98. The van der Waals surface area contributed by atoms with Gasteiger partial charge in [-0.15, -0.1) is 0 Å². The molecular weight excluding hydrogens is 256 g/mol. The van der Waals surface area contributed by atoms with Gasteiger partial charge >= 0.3 is 5.97 Å². The fraction of sp³-hybridized carbons (Fsp3) is 0.312. The summed E-state index contributed by atoms with van der Waals surface area (Å²) in [6.45, 7) is 1.78. The summed E-state index contributed by atoms with van der Waals surface area (Å²) in [4.78, 5) is 11.2. The lowest BCUT2D eigenvalue weighted by Gasteiger charge is -2.18. The maximum Gasteiger partial charge on any atom is 0.333 e. The highest BCUT2D eigenvalue weighted by atomic mass is 16.5. The van der Waals surface area contributed by atoms with Gasteiger partial charge in [-0.2, -0.15) is 0 Å². The topological polar surface area (TPSA) is 55.8 Å². The molecule has 0 saturated heterocycles. The Morgan fingerprint density at radius 3 is 2.40 bits per heavy atom. The predicted molar refractivity (Wildman–Crippen MR) is 77.8 cm³/mol. The average molecular weight is 276 g/mol. The van der Waals surface area contributed by atoms with Gasteiger partial charge in [0, 0.05) is 5.92 Å². The van der Waals surface area contributed by atoms with Crippen molar-refractivity contribution in [3.63, 3.8) is 0 Å². The molecule has 1 aromatic rings. The molecule has 1 rings (SSSR count). The van der Waals surface area contributed by atoms with E-state index in [-0.39, 0.29) is 5.92 Å². The summed E-state index contributed by atoms with van der Waals surface area (Å²) in [5.41, 5.74) is 0.995. The third-order valence-electron chi connectivity index (χ3n) is 2.94. The van der Waals surface area contributed by atoms with Crippen LogP contribution in [0.4, 0.5) is 0 Å². The number of methoxy groups -OCH3 is 2. The van der Waals surface area contributed by atoms with Gasteiger partial charge in [0.1, 0.15) is 5.76 Å². The van der Waals surface area contributed by atoms with Crippen molar-refractivity contribution in [3.8, 4) is 0 Å². The third kappa shape index (κ3) is 4.90. The molecule has 0 heterocycles. The van der Waals surface area contributed by atoms with Crippen molar-refractivity contribution in [1.82, 2.24) is 0 Å². The van der Waals surface area contributed by atoms with Crippen LogP contribution < -0.4 is 0 Å². The van der Waals surface area contributed by atoms with E-state index < -0.39 is 12.1 Å². The summed E-state index contributed by atoms with van der Waals surface area (Å²) < 4.78 is 9.67. The number of aliphatic hydroxyl groups excluding tert-OH is 1. The van der Waals surface area contributed by atoms with E-state index in [1.165, 1.54) is 20.3 Å². The van der Waals surface area contributed by atoms with Crippen LogP contribution >= 0.6 is 0 Å². The Bertz CT molecular complexity index is 477. The standard InChI is InChI=1S/C16H20O4/c1-12(15(19-2)11-16(18)20-3)14(17)10-9-13-7-5-4-6-8-13/h4-12,14,17H,1-3H3/b10-9+,15-11-. The van der Waals surface area contributed by atoms with Crippen molar-refractivity contribution in [2.24, 2.45) is 5.92 Å². The van der Waals surface area contributed by atoms with E-state index in [2.05, 4.69) is 4.74 Å². The normalized spacial score (nSPS) is 14.9. The van der Waals surface area contributed by atoms with Gasteiger partial charge in [-0.3, -0.25) is 0 Å². The van der Waals surface area contributed by atoms with Crippen LogP contribution in [0.2, 0.25) is 0 Å². The Hall–Kier alpha value is -2.07.